The Balaban J connectivity index is 1.52. The van der Waals surface area contributed by atoms with Crippen LogP contribution in [0.4, 0.5) is 5.00 Å². The molecule has 9 heteroatoms. The van der Waals surface area contributed by atoms with Crippen LogP contribution in [0.25, 0.3) is 0 Å². The molecule has 3 aromatic rings. The first-order valence-corrected chi connectivity index (χ1v) is 13.7. The predicted octanol–water partition coefficient (Wildman–Crippen LogP) is 4.31. The molecule has 0 radical (unpaired) electrons. The van der Waals surface area contributed by atoms with Crippen LogP contribution >= 0.6 is 11.3 Å². The van der Waals surface area contributed by atoms with E-state index in [9.17, 15) is 18.0 Å². The molecule has 0 saturated carbocycles. The number of nitrogens with one attached hydrogen (secondary N) is 2. The number of carbonyl (C=O) groups is 2. The standard InChI is InChI=1S/C26H29N3O4S2/c1-17-9-14-21-22(15-17)34-26(23(21)25(31)27-2)28-24(30)19-10-12-20(13-11-19)35(32,33)29(3)16-18-7-5-4-6-8-18/h4-8,10-13,17H,9,14-16H2,1-3H3,(H,27,31)(H,28,30). The third kappa shape index (κ3) is 5.32. The van der Waals surface area contributed by atoms with Crippen LogP contribution in [0.1, 0.15) is 50.1 Å². The van der Waals surface area contributed by atoms with Crippen molar-refractivity contribution in [1.29, 1.82) is 0 Å². The highest BCUT2D eigenvalue weighted by atomic mass is 32.2. The van der Waals surface area contributed by atoms with E-state index in [0.29, 0.717) is 22.0 Å². The number of fused-ring (bicyclic) bond motifs is 1. The first kappa shape index (κ1) is 25.1. The summed E-state index contributed by atoms with van der Waals surface area (Å²) in [5, 5.41) is 6.10. The van der Waals surface area contributed by atoms with E-state index in [0.717, 1.165) is 35.3 Å². The normalized spacial score (nSPS) is 15.5. The second kappa shape index (κ2) is 10.3. The predicted molar refractivity (Wildman–Crippen MR) is 138 cm³/mol. The molecule has 35 heavy (non-hydrogen) atoms. The number of hydrogen-bond donors (Lipinski definition) is 2. The van der Waals surface area contributed by atoms with Gasteiger partial charge in [0.05, 0.1) is 10.5 Å². The summed E-state index contributed by atoms with van der Waals surface area (Å²) in [6.45, 7) is 2.43. The number of thiophene rings is 1. The maximum Gasteiger partial charge on any atom is 0.256 e. The maximum atomic E-state index is 13.0. The first-order valence-electron chi connectivity index (χ1n) is 11.5. The minimum atomic E-state index is -3.72. The number of hydrogen-bond acceptors (Lipinski definition) is 5. The Bertz CT molecular complexity index is 1330. The molecule has 2 amide bonds. The zero-order valence-corrected chi connectivity index (χ0v) is 21.6. The molecule has 1 aliphatic carbocycles. The van der Waals surface area contributed by atoms with Crippen LogP contribution in [0.3, 0.4) is 0 Å². The summed E-state index contributed by atoms with van der Waals surface area (Å²) < 4.78 is 27.2. The second-order valence-electron chi connectivity index (χ2n) is 8.86. The van der Waals surface area contributed by atoms with E-state index < -0.39 is 10.0 Å². The quantitative estimate of drug-likeness (QED) is 0.494. The van der Waals surface area contributed by atoms with Crippen molar-refractivity contribution in [3.63, 3.8) is 0 Å². The van der Waals surface area contributed by atoms with Crippen LogP contribution in [0.15, 0.2) is 59.5 Å². The second-order valence-corrected chi connectivity index (χ2v) is 12.0. The van der Waals surface area contributed by atoms with E-state index in [-0.39, 0.29) is 23.3 Å². The topological polar surface area (TPSA) is 95.6 Å². The fourth-order valence-electron chi connectivity index (χ4n) is 4.26. The van der Waals surface area contributed by atoms with E-state index in [1.165, 1.54) is 47.0 Å². The summed E-state index contributed by atoms with van der Waals surface area (Å²) in [6, 6.07) is 15.2. The lowest BCUT2D eigenvalue weighted by molar-refractivity contribution is 0.0963. The summed E-state index contributed by atoms with van der Waals surface area (Å²) in [6.07, 6.45) is 2.72. The number of benzene rings is 2. The molecular weight excluding hydrogens is 482 g/mol. The minimum Gasteiger partial charge on any atom is -0.355 e. The zero-order chi connectivity index (χ0) is 25.2. The highest BCUT2D eigenvalue weighted by Gasteiger charge is 2.28. The molecule has 2 N–H and O–H groups in total. The molecule has 1 heterocycles. The van der Waals surface area contributed by atoms with Gasteiger partial charge in [-0.05, 0) is 60.6 Å². The van der Waals surface area contributed by atoms with Crippen molar-refractivity contribution < 1.29 is 18.0 Å². The van der Waals surface area contributed by atoms with Crippen molar-refractivity contribution in [3.8, 4) is 0 Å². The van der Waals surface area contributed by atoms with Gasteiger partial charge in [0.25, 0.3) is 11.8 Å². The lowest BCUT2D eigenvalue weighted by atomic mass is 9.88. The molecular formula is C26H29N3O4S2. The Morgan fingerprint density at radius 3 is 2.40 bits per heavy atom. The van der Waals surface area contributed by atoms with Crippen LogP contribution in [0.5, 0.6) is 0 Å². The van der Waals surface area contributed by atoms with Gasteiger partial charge < -0.3 is 10.6 Å². The van der Waals surface area contributed by atoms with Crippen LogP contribution < -0.4 is 10.6 Å². The van der Waals surface area contributed by atoms with E-state index in [2.05, 4.69) is 17.6 Å². The lowest BCUT2D eigenvalue weighted by Crippen LogP contribution is -2.26. The Kier molecular flexibility index (Phi) is 7.39. The fourth-order valence-corrected chi connectivity index (χ4v) is 6.83. The van der Waals surface area contributed by atoms with Crippen LogP contribution in [-0.4, -0.2) is 38.6 Å². The van der Waals surface area contributed by atoms with Gasteiger partial charge >= 0.3 is 0 Å². The molecule has 0 saturated heterocycles. The summed E-state index contributed by atoms with van der Waals surface area (Å²) in [5.74, 6) is -0.0598. The van der Waals surface area contributed by atoms with Crippen LogP contribution in [-0.2, 0) is 29.4 Å². The van der Waals surface area contributed by atoms with Crippen LogP contribution in [0.2, 0.25) is 0 Å². The van der Waals surface area contributed by atoms with Gasteiger partial charge in [0.15, 0.2) is 0 Å². The summed E-state index contributed by atoms with van der Waals surface area (Å²) in [4.78, 5) is 26.8. The average molecular weight is 512 g/mol. The molecule has 7 nitrogen and oxygen atoms in total. The number of nitrogens with zero attached hydrogens (tertiary/aromatic N) is 1. The van der Waals surface area contributed by atoms with Crippen molar-refractivity contribution in [2.75, 3.05) is 19.4 Å². The Labute approximate surface area is 210 Å². The van der Waals surface area contributed by atoms with Gasteiger partial charge in [-0.2, -0.15) is 4.31 Å². The largest absolute Gasteiger partial charge is 0.355 e. The van der Waals surface area contributed by atoms with E-state index in [4.69, 9.17) is 0 Å². The smallest absolute Gasteiger partial charge is 0.256 e. The highest BCUT2D eigenvalue weighted by Crippen LogP contribution is 2.39. The molecule has 0 aliphatic heterocycles. The molecule has 0 fully saturated rings. The van der Waals surface area contributed by atoms with Gasteiger partial charge in [-0.15, -0.1) is 11.3 Å². The molecule has 0 spiro atoms. The molecule has 4 rings (SSSR count). The fraction of sp³-hybridized carbons (Fsp3) is 0.308. The summed E-state index contributed by atoms with van der Waals surface area (Å²) in [7, 11) is -0.605. The van der Waals surface area contributed by atoms with E-state index in [1.807, 2.05) is 30.3 Å². The Morgan fingerprint density at radius 2 is 1.74 bits per heavy atom. The number of rotatable bonds is 7. The van der Waals surface area contributed by atoms with Gasteiger partial charge in [-0.3, -0.25) is 9.59 Å². The SMILES string of the molecule is CNC(=O)c1c(NC(=O)c2ccc(S(=O)(=O)N(C)Cc3ccccc3)cc2)sc2c1CCC(C)C2. The first-order chi connectivity index (χ1) is 16.7. The van der Waals surface area contributed by atoms with Gasteiger partial charge in [0.2, 0.25) is 10.0 Å². The van der Waals surface area contributed by atoms with Crippen LogP contribution in [0, 0.1) is 5.92 Å². The Hall–Kier alpha value is -3.01. The van der Waals surface area contributed by atoms with Gasteiger partial charge in [0.1, 0.15) is 5.00 Å². The molecule has 2 aromatic carbocycles. The molecule has 1 atom stereocenters. The lowest BCUT2D eigenvalue weighted by Gasteiger charge is -2.18. The van der Waals surface area contributed by atoms with Crippen molar-refractivity contribution in [1.82, 2.24) is 9.62 Å². The molecule has 1 aromatic heterocycles. The van der Waals surface area contributed by atoms with Crippen molar-refractivity contribution in [2.45, 2.75) is 37.6 Å². The summed E-state index contributed by atoms with van der Waals surface area (Å²) in [5.41, 5.74) is 2.76. The molecule has 1 aliphatic rings. The third-order valence-electron chi connectivity index (χ3n) is 6.27. The van der Waals surface area contributed by atoms with Crippen molar-refractivity contribution in [2.24, 2.45) is 5.92 Å². The third-order valence-corrected chi connectivity index (χ3v) is 9.25. The van der Waals surface area contributed by atoms with E-state index in [1.54, 1.807) is 7.05 Å². The average Bonchev–Trinajstić information content (AvgIpc) is 3.20. The molecule has 1 unspecified atom stereocenters. The van der Waals surface area contributed by atoms with Gasteiger partial charge in [0, 0.05) is 31.1 Å². The van der Waals surface area contributed by atoms with E-state index >= 15 is 0 Å². The van der Waals surface area contributed by atoms with Gasteiger partial charge in [-0.1, -0.05) is 37.3 Å². The van der Waals surface area contributed by atoms with Gasteiger partial charge in [-0.25, -0.2) is 8.42 Å². The molecule has 0 bridgehead atoms. The Morgan fingerprint density at radius 1 is 1.06 bits per heavy atom. The maximum absolute atomic E-state index is 13.0. The van der Waals surface area contributed by atoms with Crippen molar-refractivity contribution in [3.05, 3.63) is 81.7 Å². The van der Waals surface area contributed by atoms with Crippen molar-refractivity contribution >= 4 is 38.2 Å². The monoisotopic (exact) mass is 511 g/mol. The minimum absolute atomic E-state index is 0.110. The number of amides is 2. The number of anilines is 1. The highest BCUT2D eigenvalue weighted by molar-refractivity contribution is 7.89. The zero-order valence-electron chi connectivity index (χ0n) is 20.0. The number of carbonyl (C=O) groups excluding carboxylic acids is 2. The summed E-state index contributed by atoms with van der Waals surface area (Å²) >= 11 is 1.45. The molecule has 184 valence electrons. The number of sulfonamides is 1.